The number of thiophene rings is 1. The molecular weight excluding hydrogens is 314 g/mol. The zero-order valence-corrected chi connectivity index (χ0v) is 11.6. The summed E-state index contributed by atoms with van der Waals surface area (Å²) in [6.45, 7) is -0.0716. The number of Topliss-reactive ketones (excluding diaryl/α,β-unsaturated/α-hetero) is 1. The minimum Gasteiger partial charge on any atom is -0.484 e. The van der Waals surface area contributed by atoms with E-state index >= 15 is 0 Å². The van der Waals surface area contributed by atoms with Crippen molar-refractivity contribution in [1.29, 1.82) is 5.26 Å². The van der Waals surface area contributed by atoms with E-state index in [1.807, 2.05) is 17.5 Å². The molecule has 0 spiro atoms. The van der Waals surface area contributed by atoms with Crippen LogP contribution in [0.25, 0.3) is 0 Å². The second kappa shape index (κ2) is 5.80. The van der Waals surface area contributed by atoms with E-state index in [2.05, 4.69) is 15.9 Å². The molecule has 2 rings (SSSR count). The second-order valence-corrected chi connectivity index (χ2v) is 5.19. The van der Waals surface area contributed by atoms with Gasteiger partial charge in [-0.15, -0.1) is 11.3 Å². The molecule has 1 aromatic carbocycles. The lowest BCUT2D eigenvalue weighted by Crippen LogP contribution is -2.11. The number of ketones is 1. The first kappa shape index (κ1) is 12.8. The molecule has 5 heteroatoms. The summed E-state index contributed by atoms with van der Waals surface area (Å²) in [5, 5.41) is 10.7. The van der Waals surface area contributed by atoms with Crippen molar-refractivity contribution in [1.82, 2.24) is 0 Å². The fraction of sp³-hybridized carbons (Fsp3) is 0.0769. The number of hydrogen-bond donors (Lipinski definition) is 0. The highest BCUT2D eigenvalue weighted by Crippen LogP contribution is 2.24. The molecule has 3 nitrogen and oxygen atoms in total. The van der Waals surface area contributed by atoms with Crippen LogP contribution in [-0.2, 0) is 0 Å². The first-order chi connectivity index (χ1) is 8.72. The maximum atomic E-state index is 11.9. The zero-order chi connectivity index (χ0) is 13.0. The van der Waals surface area contributed by atoms with Crippen LogP contribution in [0.1, 0.15) is 15.2 Å². The third kappa shape index (κ3) is 2.78. The molecule has 0 bridgehead atoms. The summed E-state index contributed by atoms with van der Waals surface area (Å²) in [6.07, 6.45) is 0. The highest BCUT2D eigenvalue weighted by atomic mass is 79.9. The van der Waals surface area contributed by atoms with E-state index in [0.29, 0.717) is 16.2 Å². The Kier molecular flexibility index (Phi) is 4.13. The smallest absolute Gasteiger partial charge is 0.211 e. The van der Waals surface area contributed by atoms with Gasteiger partial charge < -0.3 is 4.74 Å². The fourth-order valence-corrected chi connectivity index (χ4v) is 2.91. The number of ether oxygens (including phenoxy) is 1. The third-order valence-electron chi connectivity index (χ3n) is 2.24. The molecule has 0 atom stereocenters. The van der Waals surface area contributed by atoms with E-state index in [4.69, 9.17) is 10.00 Å². The molecule has 0 amide bonds. The van der Waals surface area contributed by atoms with Crippen molar-refractivity contribution in [2.24, 2.45) is 0 Å². The quantitative estimate of drug-likeness (QED) is 0.808. The molecule has 18 heavy (non-hydrogen) atoms. The van der Waals surface area contributed by atoms with Gasteiger partial charge in [-0.05, 0) is 39.5 Å². The molecule has 0 radical (unpaired) electrons. The van der Waals surface area contributed by atoms with E-state index in [0.717, 1.165) is 4.47 Å². The monoisotopic (exact) mass is 321 g/mol. The number of rotatable bonds is 4. The van der Waals surface area contributed by atoms with Crippen molar-refractivity contribution in [3.05, 3.63) is 50.6 Å². The Morgan fingerprint density at radius 3 is 2.83 bits per heavy atom. The van der Waals surface area contributed by atoms with Gasteiger partial charge in [0.25, 0.3) is 0 Å². The summed E-state index contributed by atoms with van der Waals surface area (Å²) in [5.74, 6) is 0.325. The van der Waals surface area contributed by atoms with Gasteiger partial charge in [-0.2, -0.15) is 5.26 Å². The minimum atomic E-state index is -0.107. The van der Waals surface area contributed by atoms with Gasteiger partial charge in [0.15, 0.2) is 6.61 Å². The van der Waals surface area contributed by atoms with E-state index < -0.39 is 0 Å². The van der Waals surface area contributed by atoms with Gasteiger partial charge in [-0.3, -0.25) is 4.79 Å². The minimum absolute atomic E-state index is 0.0716. The molecule has 1 heterocycles. The van der Waals surface area contributed by atoms with Gasteiger partial charge >= 0.3 is 0 Å². The molecule has 2 aromatic rings. The van der Waals surface area contributed by atoms with Crippen LogP contribution < -0.4 is 4.74 Å². The molecule has 0 saturated heterocycles. The summed E-state index contributed by atoms with van der Waals surface area (Å²) in [7, 11) is 0. The number of carbonyl (C=O) groups is 1. The molecule has 0 aliphatic rings. The second-order valence-electron chi connectivity index (χ2n) is 3.42. The van der Waals surface area contributed by atoms with Crippen molar-refractivity contribution >= 4 is 33.0 Å². The predicted octanol–water partition coefficient (Wildman–Crippen LogP) is 3.64. The molecule has 0 N–H and O–H groups in total. The van der Waals surface area contributed by atoms with Crippen molar-refractivity contribution in [2.75, 3.05) is 6.61 Å². The number of carbonyl (C=O) groups excluding carboxylic acids is 1. The van der Waals surface area contributed by atoms with Crippen molar-refractivity contribution < 1.29 is 9.53 Å². The summed E-state index contributed by atoms with van der Waals surface area (Å²) in [6, 6.07) is 10.7. The van der Waals surface area contributed by atoms with Gasteiger partial charge in [0.2, 0.25) is 5.78 Å². The van der Waals surface area contributed by atoms with Crippen LogP contribution in [0.15, 0.2) is 40.2 Å². The van der Waals surface area contributed by atoms with Gasteiger partial charge in [0, 0.05) is 4.47 Å². The standard InChI is InChI=1S/C13H8BrNO2S/c14-10-5-6-18-13(10)11(16)8-17-12-4-2-1-3-9(12)7-15/h1-6H,8H2. The summed E-state index contributed by atoms with van der Waals surface area (Å²) in [4.78, 5) is 12.5. The lowest BCUT2D eigenvalue weighted by Gasteiger charge is -2.06. The molecular formula is C13H8BrNO2S. The van der Waals surface area contributed by atoms with Crippen LogP contribution in [0.5, 0.6) is 5.75 Å². The van der Waals surface area contributed by atoms with Gasteiger partial charge in [0.1, 0.15) is 11.8 Å². The summed E-state index contributed by atoms with van der Waals surface area (Å²) in [5.41, 5.74) is 0.426. The highest BCUT2D eigenvalue weighted by molar-refractivity contribution is 9.10. The largest absolute Gasteiger partial charge is 0.484 e. The number of hydrogen-bond acceptors (Lipinski definition) is 4. The Hall–Kier alpha value is -1.64. The van der Waals surface area contributed by atoms with Crippen LogP contribution in [0, 0.1) is 11.3 Å². The van der Waals surface area contributed by atoms with E-state index in [1.165, 1.54) is 11.3 Å². The number of benzene rings is 1. The van der Waals surface area contributed by atoms with Crippen molar-refractivity contribution in [3.63, 3.8) is 0 Å². The van der Waals surface area contributed by atoms with E-state index in [1.54, 1.807) is 24.3 Å². The number of para-hydroxylation sites is 1. The Bertz CT molecular complexity index is 615. The normalized spacial score (nSPS) is 9.78. The number of nitriles is 1. The Labute approximate surface area is 117 Å². The van der Waals surface area contributed by atoms with Crippen LogP contribution in [0.3, 0.4) is 0 Å². The average molecular weight is 322 g/mol. The Balaban J connectivity index is 2.07. The Morgan fingerprint density at radius 1 is 1.39 bits per heavy atom. The molecule has 0 unspecified atom stereocenters. The topological polar surface area (TPSA) is 50.1 Å². The number of nitrogens with zero attached hydrogens (tertiary/aromatic N) is 1. The Morgan fingerprint density at radius 2 is 2.17 bits per heavy atom. The lowest BCUT2D eigenvalue weighted by molar-refractivity contribution is 0.0925. The number of halogens is 1. The molecule has 0 aliphatic carbocycles. The average Bonchev–Trinajstić information content (AvgIpc) is 2.82. The predicted molar refractivity (Wildman–Crippen MR) is 73.0 cm³/mol. The SMILES string of the molecule is N#Cc1ccccc1OCC(=O)c1sccc1Br. The van der Waals surface area contributed by atoms with Gasteiger partial charge in [-0.25, -0.2) is 0 Å². The fourth-order valence-electron chi connectivity index (χ4n) is 1.39. The van der Waals surface area contributed by atoms with E-state index in [9.17, 15) is 4.79 Å². The van der Waals surface area contributed by atoms with Gasteiger partial charge in [0.05, 0.1) is 10.4 Å². The first-order valence-corrected chi connectivity index (χ1v) is 6.77. The van der Waals surface area contributed by atoms with Crippen LogP contribution >= 0.6 is 27.3 Å². The van der Waals surface area contributed by atoms with Crippen molar-refractivity contribution in [2.45, 2.75) is 0 Å². The molecule has 0 fully saturated rings. The maximum absolute atomic E-state index is 11.9. The highest BCUT2D eigenvalue weighted by Gasteiger charge is 2.13. The third-order valence-corrected chi connectivity index (χ3v) is 4.12. The van der Waals surface area contributed by atoms with Crippen molar-refractivity contribution in [3.8, 4) is 11.8 Å². The maximum Gasteiger partial charge on any atom is 0.211 e. The first-order valence-electron chi connectivity index (χ1n) is 5.10. The van der Waals surface area contributed by atoms with Crippen LogP contribution in [-0.4, -0.2) is 12.4 Å². The van der Waals surface area contributed by atoms with Crippen LogP contribution in [0.2, 0.25) is 0 Å². The molecule has 0 saturated carbocycles. The molecule has 90 valence electrons. The zero-order valence-electron chi connectivity index (χ0n) is 9.22. The van der Waals surface area contributed by atoms with Crippen LogP contribution in [0.4, 0.5) is 0 Å². The van der Waals surface area contributed by atoms with E-state index in [-0.39, 0.29) is 12.4 Å². The molecule has 1 aromatic heterocycles. The molecule has 0 aliphatic heterocycles. The summed E-state index contributed by atoms with van der Waals surface area (Å²) < 4.78 is 6.16. The van der Waals surface area contributed by atoms with Gasteiger partial charge in [-0.1, -0.05) is 12.1 Å². The summed E-state index contributed by atoms with van der Waals surface area (Å²) >= 11 is 4.66. The lowest BCUT2D eigenvalue weighted by atomic mass is 10.2.